The lowest BCUT2D eigenvalue weighted by Crippen LogP contribution is -2.26. The number of hydrogen-bond acceptors (Lipinski definition) is 5. The maximum atomic E-state index is 12.7. The van der Waals surface area contributed by atoms with Gasteiger partial charge in [-0.3, -0.25) is 4.79 Å². The van der Waals surface area contributed by atoms with Crippen molar-refractivity contribution in [3.8, 4) is 11.5 Å². The lowest BCUT2D eigenvalue weighted by molar-refractivity contribution is -0.116. The number of sulfonamides is 1. The molecule has 8 heteroatoms. The van der Waals surface area contributed by atoms with Crippen LogP contribution in [-0.2, 0) is 21.2 Å². The first-order chi connectivity index (χ1) is 15.8. The van der Waals surface area contributed by atoms with Crippen molar-refractivity contribution in [1.82, 2.24) is 4.72 Å². The van der Waals surface area contributed by atoms with Crippen LogP contribution in [0.1, 0.15) is 30.5 Å². The number of ether oxygens (including phenoxy) is 2. The lowest BCUT2D eigenvalue weighted by atomic mass is 10.1. The Labute approximate surface area is 194 Å². The molecule has 0 saturated carbocycles. The molecular formula is C25H28N2O5S. The molecule has 0 radical (unpaired) electrons. The van der Waals surface area contributed by atoms with Gasteiger partial charge in [-0.1, -0.05) is 42.5 Å². The van der Waals surface area contributed by atoms with Gasteiger partial charge in [-0.15, -0.1) is 0 Å². The van der Waals surface area contributed by atoms with Crippen LogP contribution >= 0.6 is 0 Å². The van der Waals surface area contributed by atoms with Crippen molar-refractivity contribution in [1.29, 1.82) is 0 Å². The normalized spacial score (nSPS) is 12.1. The Morgan fingerprint density at radius 1 is 0.939 bits per heavy atom. The number of aryl methyl sites for hydroxylation is 1. The summed E-state index contributed by atoms with van der Waals surface area (Å²) in [5.74, 6) is 0.964. The maximum Gasteiger partial charge on any atom is 0.241 e. The van der Waals surface area contributed by atoms with E-state index in [4.69, 9.17) is 9.47 Å². The highest BCUT2D eigenvalue weighted by molar-refractivity contribution is 7.89. The molecule has 174 valence electrons. The fraction of sp³-hybridized carbons (Fsp3) is 0.240. The third-order valence-corrected chi connectivity index (χ3v) is 6.74. The highest BCUT2D eigenvalue weighted by Crippen LogP contribution is 2.29. The van der Waals surface area contributed by atoms with Gasteiger partial charge in [0.15, 0.2) is 0 Å². The molecule has 0 aliphatic rings. The Balaban J connectivity index is 1.59. The second-order valence-electron chi connectivity index (χ2n) is 7.51. The number of anilines is 1. The highest BCUT2D eigenvalue weighted by atomic mass is 32.2. The van der Waals surface area contributed by atoms with Crippen molar-refractivity contribution in [2.24, 2.45) is 0 Å². The fourth-order valence-electron chi connectivity index (χ4n) is 3.33. The van der Waals surface area contributed by atoms with E-state index in [1.807, 2.05) is 30.3 Å². The molecule has 1 amide bonds. The summed E-state index contributed by atoms with van der Waals surface area (Å²) in [7, 11) is -0.585. The predicted molar refractivity (Wildman–Crippen MR) is 128 cm³/mol. The zero-order valence-corrected chi connectivity index (χ0v) is 19.7. The van der Waals surface area contributed by atoms with Crippen LogP contribution in [0.4, 0.5) is 5.69 Å². The molecule has 0 aliphatic heterocycles. The van der Waals surface area contributed by atoms with Gasteiger partial charge in [0, 0.05) is 18.5 Å². The van der Waals surface area contributed by atoms with Gasteiger partial charge in [0.2, 0.25) is 15.9 Å². The van der Waals surface area contributed by atoms with Crippen molar-refractivity contribution in [3.63, 3.8) is 0 Å². The minimum absolute atomic E-state index is 0.180. The molecule has 0 aromatic heterocycles. The summed E-state index contributed by atoms with van der Waals surface area (Å²) in [5.41, 5.74) is 2.27. The van der Waals surface area contributed by atoms with E-state index in [1.54, 1.807) is 56.5 Å². The molecule has 0 bridgehead atoms. The van der Waals surface area contributed by atoms with E-state index in [0.717, 1.165) is 11.1 Å². The van der Waals surface area contributed by atoms with Crippen molar-refractivity contribution in [2.45, 2.75) is 30.7 Å². The third-order valence-electron chi connectivity index (χ3n) is 5.19. The second kappa shape index (κ2) is 11.0. The van der Waals surface area contributed by atoms with E-state index in [1.165, 1.54) is 7.11 Å². The smallest absolute Gasteiger partial charge is 0.241 e. The Hall–Kier alpha value is -3.36. The zero-order valence-electron chi connectivity index (χ0n) is 18.9. The number of amides is 1. The first-order valence-electron chi connectivity index (χ1n) is 10.5. The van der Waals surface area contributed by atoms with Crippen LogP contribution in [0.15, 0.2) is 77.7 Å². The van der Waals surface area contributed by atoms with Crippen LogP contribution in [0.2, 0.25) is 0 Å². The molecule has 0 fully saturated rings. The molecule has 3 rings (SSSR count). The lowest BCUT2D eigenvalue weighted by Gasteiger charge is -2.15. The van der Waals surface area contributed by atoms with Crippen LogP contribution < -0.4 is 19.5 Å². The summed E-state index contributed by atoms with van der Waals surface area (Å²) in [6, 6.07) is 20.7. The quantitative estimate of drug-likeness (QED) is 0.462. The van der Waals surface area contributed by atoms with Gasteiger partial charge in [0.05, 0.1) is 24.8 Å². The van der Waals surface area contributed by atoms with Crippen molar-refractivity contribution in [3.05, 3.63) is 83.9 Å². The number of nitrogens with one attached hydrogen (secondary N) is 2. The number of rotatable bonds is 10. The minimum Gasteiger partial charge on any atom is -0.497 e. The number of hydrogen-bond donors (Lipinski definition) is 2. The largest absolute Gasteiger partial charge is 0.497 e. The van der Waals surface area contributed by atoms with Gasteiger partial charge in [-0.25, -0.2) is 13.1 Å². The first-order valence-corrected chi connectivity index (χ1v) is 12.0. The van der Waals surface area contributed by atoms with Gasteiger partial charge in [-0.2, -0.15) is 0 Å². The van der Waals surface area contributed by atoms with E-state index in [2.05, 4.69) is 10.0 Å². The van der Waals surface area contributed by atoms with Crippen molar-refractivity contribution < 1.29 is 22.7 Å². The molecule has 1 atom stereocenters. The standard InChI is InChI=1S/C25H28N2O5S/c1-18(20-7-5-4-6-8-20)27-33(29,30)22-13-9-19(10-14-22)11-16-25(28)26-23-17-21(31-2)12-15-24(23)32-3/h4-10,12-15,17-18,27H,11,16H2,1-3H3,(H,26,28)/t18-/m0/s1. The van der Waals surface area contributed by atoms with Crippen LogP contribution in [-0.4, -0.2) is 28.5 Å². The summed E-state index contributed by atoms with van der Waals surface area (Å²) in [6.45, 7) is 1.80. The van der Waals surface area contributed by atoms with Crippen LogP contribution in [0.5, 0.6) is 11.5 Å². The van der Waals surface area contributed by atoms with Crippen LogP contribution in [0.3, 0.4) is 0 Å². The molecular weight excluding hydrogens is 440 g/mol. The van der Waals surface area contributed by atoms with Gasteiger partial charge in [-0.05, 0) is 48.7 Å². The van der Waals surface area contributed by atoms with Crippen molar-refractivity contribution in [2.75, 3.05) is 19.5 Å². The van der Waals surface area contributed by atoms with Crippen molar-refractivity contribution >= 4 is 21.6 Å². The summed E-state index contributed by atoms with van der Waals surface area (Å²) in [4.78, 5) is 12.6. The molecule has 0 spiro atoms. The van der Waals surface area contributed by atoms with Crippen LogP contribution in [0.25, 0.3) is 0 Å². The molecule has 0 heterocycles. The molecule has 7 nitrogen and oxygen atoms in total. The topological polar surface area (TPSA) is 93.7 Å². The monoisotopic (exact) mass is 468 g/mol. The van der Waals surface area contributed by atoms with Gasteiger partial charge < -0.3 is 14.8 Å². The van der Waals surface area contributed by atoms with Gasteiger partial charge in [0.25, 0.3) is 0 Å². The molecule has 2 N–H and O–H groups in total. The fourth-order valence-corrected chi connectivity index (χ4v) is 4.56. The second-order valence-corrected chi connectivity index (χ2v) is 9.23. The number of methoxy groups -OCH3 is 2. The Morgan fingerprint density at radius 3 is 2.27 bits per heavy atom. The summed E-state index contributed by atoms with van der Waals surface area (Å²) >= 11 is 0. The molecule has 0 aliphatic carbocycles. The minimum atomic E-state index is -3.67. The highest BCUT2D eigenvalue weighted by Gasteiger charge is 2.18. The van der Waals surface area contributed by atoms with E-state index in [-0.39, 0.29) is 23.3 Å². The number of benzene rings is 3. The average molecular weight is 469 g/mol. The molecule has 3 aromatic carbocycles. The van der Waals surface area contributed by atoms with E-state index in [0.29, 0.717) is 23.6 Å². The number of carbonyl (C=O) groups excluding carboxylic acids is 1. The molecule has 0 unspecified atom stereocenters. The average Bonchev–Trinajstić information content (AvgIpc) is 2.83. The predicted octanol–water partition coefficient (Wildman–Crippen LogP) is 4.31. The summed E-state index contributed by atoms with van der Waals surface area (Å²) in [5, 5.41) is 2.83. The summed E-state index contributed by atoms with van der Waals surface area (Å²) in [6.07, 6.45) is 0.696. The molecule has 33 heavy (non-hydrogen) atoms. The van der Waals surface area contributed by atoms with E-state index >= 15 is 0 Å². The first kappa shape index (κ1) is 24.3. The molecule has 0 saturated heterocycles. The Morgan fingerprint density at radius 2 is 1.64 bits per heavy atom. The Kier molecular flexibility index (Phi) is 8.08. The van der Waals surface area contributed by atoms with Crippen LogP contribution in [0, 0.1) is 0 Å². The SMILES string of the molecule is COc1ccc(OC)c(NC(=O)CCc2ccc(S(=O)(=O)N[C@@H](C)c3ccccc3)cc2)c1. The molecule has 3 aromatic rings. The van der Waals surface area contributed by atoms with E-state index < -0.39 is 10.0 Å². The van der Waals surface area contributed by atoms with Gasteiger partial charge in [0.1, 0.15) is 11.5 Å². The summed E-state index contributed by atoms with van der Waals surface area (Å²) < 4.78 is 38.6. The maximum absolute atomic E-state index is 12.7. The Bertz CT molecular complexity index is 1180. The zero-order chi connectivity index (χ0) is 23.8. The third kappa shape index (κ3) is 6.57. The van der Waals surface area contributed by atoms with E-state index in [9.17, 15) is 13.2 Å². The number of carbonyl (C=O) groups is 1. The van der Waals surface area contributed by atoms with Gasteiger partial charge >= 0.3 is 0 Å².